The quantitative estimate of drug-likeness (QED) is 0.769. The Morgan fingerprint density at radius 2 is 2.24 bits per heavy atom. The second-order valence-electron chi connectivity index (χ2n) is 5.09. The standard InChI is InChI=1S/C15H17BrN4O/c1-10(17-6-5-15-18-9-20(2)19-15)14-8-11-7-12(16)3-4-13(11)21-14/h3-4,7-10,17H,5-6H2,1-2H3. The van der Waals surface area contributed by atoms with Crippen LogP contribution >= 0.6 is 15.9 Å². The van der Waals surface area contributed by atoms with Crippen LogP contribution in [-0.4, -0.2) is 21.3 Å². The maximum Gasteiger partial charge on any atom is 0.151 e. The van der Waals surface area contributed by atoms with Gasteiger partial charge in [0.15, 0.2) is 5.82 Å². The number of hydrogen-bond acceptors (Lipinski definition) is 4. The van der Waals surface area contributed by atoms with Crippen molar-refractivity contribution in [1.82, 2.24) is 20.1 Å². The van der Waals surface area contributed by atoms with Crippen LogP contribution in [0.25, 0.3) is 11.0 Å². The van der Waals surface area contributed by atoms with E-state index in [1.807, 2.05) is 19.2 Å². The van der Waals surface area contributed by atoms with E-state index in [4.69, 9.17) is 4.42 Å². The molecule has 3 rings (SSSR count). The summed E-state index contributed by atoms with van der Waals surface area (Å²) in [5.41, 5.74) is 0.910. The number of fused-ring (bicyclic) bond motifs is 1. The molecule has 1 unspecified atom stereocenters. The molecule has 0 spiro atoms. The molecule has 1 aromatic carbocycles. The van der Waals surface area contributed by atoms with Crippen LogP contribution in [0.1, 0.15) is 24.6 Å². The normalized spacial score (nSPS) is 12.9. The number of nitrogens with zero attached hydrogens (tertiary/aromatic N) is 3. The summed E-state index contributed by atoms with van der Waals surface area (Å²) in [7, 11) is 1.87. The Balaban J connectivity index is 1.62. The van der Waals surface area contributed by atoms with E-state index >= 15 is 0 Å². The van der Waals surface area contributed by atoms with E-state index in [-0.39, 0.29) is 6.04 Å². The summed E-state index contributed by atoms with van der Waals surface area (Å²) in [6.07, 6.45) is 2.52. The van der Waals surface area contributed by atoms with Crippen LogP contribution in [0.5, 0.6) is 0 Å². The van der Waals surface area contributed by atoms with Gasteiger partial charge in [-0.05, 0) is 31.2 Å². The highest BCUT2D eigenvalue weighted by atomic mass is 79.9. The smallest absolute Gasteiger partial charge is 0.151 e. The molecule has 110 valence electrons. The highest BCUT2D eigenvalue weighted by Gasteiger charge is 2.11. The summed E-state index contributed by atoms with van der Waals surface area (Å²) in [5, 5.41) is 8.81. The number of rotatable bonds is 5. The third-order valence-electron chi connectivity index (χ3n) is 3.37. The Hall–Kier alpha value is -1.66. The van der Waals surface area contributed by atoms with Gasteiger partial charge in [-0.15, -0.1) is 0 Å². The molecule has 0 aliphatic rings. The molecule has 6 heteroatoms. The minimum Gasteiger partial charge on any atom is -0.459 e. The van der Waals surface area contributed by atoms with Gasteiger partial charge < -0.3 is 9.73 Å². The van der Waals surface area contributed by atoms with Crippen molar-refractivity contribution in [3.8, 4) is 0 Å². The zero-order valence-electron chi connectivity index (χ0n) is 12.0. The van der Waals surface area contributed by atoms with Crippen LogP contribution in [0.15, 0.2) is 39.5 Å². The summed E-state index contributed by atoms with van der Waals surface area (Å²) in [5.74, 6) is 1.79. The molecule has 1 atom stereocenters. The van der Waals surface area contributed by atoms with Crippen molar-refractivity contribution in [2.45, 2.75) is 19.4 Å². The molecule has 0 amide bonds. The van der Waals surface area contributed by atoms with Gasteiger partial charge in [0.05, 0.1) is 6.04 Å². The van der Waals surface area contributed by atoms with E-state index in [1.165, 1.54) is 0 Å². The molecule has 2 aromatic heterocycles. The summed E-state index contributed by atoms with van der Waals surface area (Å²) in [4.78, 5) is 4.21. The third kappa shape index (κ3) is 3.33. The van der Waals surface area contributed by atoms with Gasteiger partial charge in [0.25, 0.3) is 0 Å². The van der Waals surface area contributed by atoms with Crippen LogP contribution < -0.4 is 5.32 Å². The van der Waals surface area contributed by atoms with Gasteiger partial charge >= 0.3 is 0 Å². The molecule has 0 aliphatic carbocycles. The highest BCUT2D eigenvalue weighted by molar-refractivity contribution is 9.10. The van der Waals surface area contributed by atoms with Crippen LogP contribution in [0.2, 0.25) is 0 Å². The topological polar surface area (TPSA) is 55.9 Å². The van der Waals surface area contributed by atoms with Gasteiger partial charge in [-0.1, -0.05) is 15.9 Å². The number of benzene rings is 1. The summed E-state index contributed by atoms with van der Waals surface area (Å²) in [6, 6.07) is 8.26. The fourth-order valence-electron chi connectivity index (χ4n) is 2.25. The van der Waals surface area contributed by atoms with Crippen LogP contribution in [0.4, 0.5) is 0 Å². The molecule has 0 saturated carbocycles. The Bertz CT molecular complexity index is 749. The predicted octanol–water partition coefficient (Wildman–Crippen LogP) is 3.22. The molecular formula is C15H17BrN4O. The average Bonchev–Trinajstić information content (AvgIpc) is 3.04. The molecule has 0 fully saturated rings. The number of aromatic nitrogens is 3. The van der Waals surface area contributed by atoms with Gasteiger partial charge in [-0.2, -0.15) is 5.10 Å². The van der Waals surface area contributed by atoms with E-state index in [0.29, 0.717) is 0 Å². The molecule has 0 bridgehead atoms. The second kappa shape index (κ2) is 5.99. The first kappa shape index (κ1) is 14.3. The first-order valence-electron chi connectivity index (χ1n) is 6.89. The number of furan rings is 1. The molecule has 3 aromatic rings. The number of aryl methyl sites for hydroxylation is 1. The average molecular weight is 349 g/mol. The molecule has 1 N–H and O–H groups in total. The van der Waals surface area contributed by atoms with Crippen molar-refractivity contribution in [3.63, 3.8) is 0 Å². The van der Waals surface area contributed by atoms with Gasteiger partial charge in [-0.25, -0.2) is 4.98 Å². The van der Waals surface area contributed by atoms with Crippen molar-refractivity contribution in [1.29, 1.82) is 0 Å². The molecule has 5 nitrogen and oxygen atoms in total. The van der Waals surface area contributed by atoms with Crippen LogP contribution in [0.3, 0.4) is 0 Å². The van der Waals surface area contributed by atoms with Gasteiger partial charge in [-0.3, -0.25) is 4.68 Å². The third-order valence-corrected chi connectivity index (χ3v) is 3.86. The maximum atomic E-state index is 5.87. The van der Waals surface area contributed by atoms with Gasteiger partial charge in [0.1, 0.15) is 17.7 Å². The van der Waals surface area contributed by atoms with Crippen molar-refractivity contribution < 1.29 is 4.42 Å². The summed E-state index contributed by atoms with van der Waals surface area (Å²) >= 11 is 3.48. The van der Waals surface area contributed by atoms with E-state index in [2.05, 4.69) is 50.4 Å². The Morgan fingerprint density at radius 1 is 1.38 bits per heavy atom. The van der Waals surface area contributed by atoms with Gasteiger partial charge in [0.2, 0.25) is 0 Å². The minimum atomic E-state index is 0.153. The minimum absolute atomic E-state index is 0.153. The first-order chi connectivity index (χ1) is 10.1. The molecule has 2 heterocycles. The first-order valence-corrected chi connectivity index (χ1v) is 7.68. The molecule has 0 saturated heterocycles. The van der Waals surface area contributed by atoms with E-state index < -0.39 is 0 Å². The lowest BCUT2D eigenvalue weighted by Gasteiger charge is -2.09. The lowest BCUT2D eigenvalue weighted by molar-refractivity contribution is 0.452. The van der Waals surface area contributed by atoms with E-state index in [1.54, 1.807) is 11.0 Å². The monoisotopic (exact) mass is 348 g/mol. The lowest BCUT2D eigenvalue weighted by Crippen LogP contribution is -2.21. The molecule has 0 radical (unpaired) electrons. The number of hydrogen-bond donors (Lipinski definition) is 1. The lowest BCUT2D eigenvalue weighted by atomic mass is 10.2. The van der Waals surface area contributed by atoms with E-state index in [0.717, 1.165) is 40.0 Å². The fraction of sp³-hybridized carbons (Fsp3) is 0.333. The second-order valence-corrected chi connectivity index (χ2v) is 6.01. The maximum absolute atomic E-state index is 5.87. The predicted molar refractivity (Wildman–Crippen MR) is 85.0 cm³/mol. The van der Waals surface area contributed by atoms with Crippen LogP contribution in [-0.2, 0) is 13.5 Å². The molecular weight excluding hydrogens is 332 g/mol. The fourth-order valence-corrected chi connectivity index (χ4v) is 2.63. The molecule has 21 heavy (non-hydrogen) atoms. The Morgan fingerprint density at radius 3 is 3.00 bits per heavy atom. The van der Waals surface area contributed by atoms with Crippen LogP contribution in [0, 0.1) is 0 Å². The van der Waals surface area contributed by atoms with Crippen molar-refractivity contribution in [2.75, 3.05) is 6.54 Å². The summed E-state index contributed by atoms with van der Waals surface area (Å²) in [6.45, 7) is 2.91. The number of nitrogens with one attached hydrogen (secondary N) is 1. The highest BCUT2D eigenvalue weighted by Crippen LogP contribution is 2.26. The van der Waals surface area contributed by atoms with Crippen molar-refractivity contribution in [2.24, 2.45) is 7.05 Å². The summed E-state index contributed by atoms with van der Waals surface area (Å²) < 4.78 is 8.65. The Labute approximate surface area is 131 Å². The molecule has 0 aliphatic heterocycles. The zero-order valence-corrected chi connectivity index (χ0v) is 13.6. The van der Waals surface area contributed by atoms with Crippen molar-refractivity contribution >= 4 is 26.9 Å². The Kier molecular flexibility index (Phi) is 4.07. The number of halogens is 1. The zero-order chi connectivity index (χ0) is 14.8. The SMILES string of the molecule is CC(NCCc1ncn(C)n1)c1cc2cc(Br)ccc2o1. The van der Waals surface area contributed by atoms with E-state index in [9.17, 15) is 0 Å². The van der Waals surface area contributed by atoms with Crippen molar-refractivity contribution in [3.05, 3.63) is 46.7 Å². The van der Waals surface area contributed by atoms with Gasteiger partial charge in [0, 0.05) is 29.9 Å². The largest absolute Gasteiger partial charge is 0.459 e.